The van der Waals surface area contributed by atoms with Crippen molar-refractivity contribution in [1.82, 2.24) is 10.3 Å². The van der Waals surface area contributed by atoms with Crippen LogP contribution >= 0.6 is 0 Å². The van der Waals surface area contributed by atoms with Crippen molar-refractivity contribution in [2.45, 2.75) is 13.0 Å². The Morgan fingerprint density at radius 1 is 1.08 bits per heavy atom. The lowest BCUT2D eigenvalue weighted by molar-refractivity contribution is 0.0951. The molecule has 4 rings (SSSR count). The second kappa shape index (κ2) is 6.09. The number of benzene rings is 2. The molecule has 25 heavy (non-hydrogen) atoms. The first-order chi connectivity index (χ1) is 12.1. The lowest BCUT2D eigenvalue weighted by atomic mass is 10.0. The van der Waals surface area contributed by atoms with Crippen molar-refractivity contribution in [3.05, 3.63) is 88.7 Å². The van der Waals surface area contributed by atoms with E-state index in [1.54, 1.807) is 30.3 Å². The molecule has 0 aliphatic heterocycles. The Balaban J connectivity index is 1.53. The van der Waals surface area contributed by atoms with Gasteiger partial charge in [0.25, 0.3) is 5.91 Å². The predicted molar refractivity (Wildman–Crippen MR) is 90.0 cm³/mol. The summed E-state index contributed by atoms with van der Waals surface area (Å²) in [5.41, 5.74) is 4.41. The Labute approximate surface area is 143 Å². The first-order valence-corrected chi connectivity index (χ1v) is 7.91. The van der Waals surface area contributed by atoms with Crippen molar-refractivity contribution in [2.24, 2.45) is 0 Å². The third-order valence-electron chi connectivity index (χ3n) is 4.37. The maximum absolute atomic E-state index is 13.8. The maximum atomic E-state index is 13.8. The van der Waals surface area contributed by atoms with Crippen molar-refractivity contribution in [1.29, 1.82) is 0 Å². The fourth-order valence-corrected chi connectivity index (χ4v) is 3.15. The molecule has 5 heteroatoms. The number of nitrogens with zero attached hydrogens (tertiary/aromatic N) is 1. The van der Waals surface area contributed by atoms with Gasteiger partial charge in [-0.1, -0.05) is 18.2 Å². The van der Waals surface area contributed by atoms with Gasteiger partial charge in [0.05, 0.1) is 0 Å². The second-order valence-electron chi connectivity index (χ2n) is 5.99. The Kier molecular flexibility index (Phi) is 3.76. The molecule has 1 aliphatic rings. The van der Waals surface area contributed by atoms with Gasteiger partial charge in [0.15, 0.2) is 0 Å². The van der Waals surface area contributed by atoms with E-state index in [4.69, 9.17) is 0 Å². The van der Waals surface area contributed by atoms with Crippen molar-refractivity contribution < 1.29 is 13.6 Å². The molecular weight excluding hydrogens is 322 g/mol. The molecule has 0 atom stereocenters. The van der Waals surface area contributed by atoms with Crippen LogP contribution in [-0.2, 0) is 13.0 Å². The number of nitrogens with one attached hydrogen (secondary N) is 1. The zero-order chi connectivity index (χ0) is 17.4. The number of aromatic nitrogens is 1. The van der Waals surface area contributed by atoms with Crippen LogP contribution in [0.4, 0.5) is 8.78 Å². The molecule has 1 N–H and O–H groups in total. The lowest BCUT2D eigenvalue weighted by Gasteiger charge is -2.07. The van der Waals surface area contributed by atoms with Gasteiger partial charge in [-0.25, -0.2) is 9.37 Å². The van der Waals surface area contributed by atoms with E-state index in [9.17, 15) is 13.6 Å². The van der Waals surface area contributed by atoms with Crippen molar-refractivity contribution in [3.63, 3.8) is 0 Å². The van der Waals surface area contributed by atoms with Gasteiger partial charge in [0, 0.05) is 30.3 Å². The van der Waals surface area contributed by atoms with Crippen LogP contribution in [-0.4, -0.2) is 10.9 Å². The van der Waals surface area contributed by atoms with Gasteiger partial charge in [0.2, 0.25) is 5.95 Å². The number of hydrogen-bond acceptors (Lipinski definition) is 2. The van der Waals surface area contributed by atoms with Crippen LogP contribution < -0.4 is 5.32 Å². The topological polar surface area (TPSA) is 42.0 Å². The number of pyridine rings is 1. The lowest BCUT2D eigenvalue weighted by Crippen LogP contribution is -2.22. The van der Waals surface area contributed by atoms with Crippen LogP contribution in [0.2, 0.25) is 0 Å². The van der Waals surface area contributed by atoms with Crippen LogP contribution in [0.3, 0.4) is 0 Å². The Bertz CT molecular complexity index is 985. The van der Waals surface area contributed by atoms with Gasteiger partial charge in [-0.05, 0) is 52.6 Å². The van der Waals surface area contributed by atoms with E-state index in [0.717, 1.165) is 16.7 Å². The molecule has 0 spiro atoms. The van der Waals surface area contributed by atoms with Crippen molar-refractivity contribution >= 4 is 5.91 Å². The van der Waals surface area contributed by atoms with E-state index < -0.39 is 5.95 Å². The highest BCUT2D eigenvalue weighted by atomic mass is 19.1. The number of fused-ring (bicyclic) bond motifs is 3. The van der Waals surface area contributed by atoms with Crippen LogP contribution in [0.5, 0.6) is 0 Å². The van der Waals surface area contributed by atoms with Crippen LogP contribution in [0.1, 0.15) is 27.0 Å². The van der Waals surface area contributed by atoms with Gasteiger partial charge in [-0.2, -0.15) is 4.39 Å². The molecule has 1 aromatic heterocycles. The molecule has 1 heterocycles. The highest BCUT2D eigenvalue weighted by Gasteiger charge is 2.23. The third kappa shape index (κ3) is 2.89. The van der Waals surface area contributed by atoms with Crippen molar-refractivity contribution in [3.8, 4) is 11.1 Å². The highest BCUT2D eigenvalue weighted by Crippen LogP contribution is 2.37. The summed E-state index contributed by atoms with van der Waals surface area (Å²) in [6, 6.07) is 13.2. The minimum absolute atomic E-state index is 0.243. The number of amides is 1. The summed E-state index contributed by atoms with van der Waals surface area (Å²) in [5, 5.41) is 2.77. The first-order valence-electron chi connectivity index (χ1n) is 7.91. The first kappa shape index (κ1) is 15.4. The number of rotatable bonds is 3. The molecule has 3 nitrogen and oxygen atoms in total. The fourth-order valence-electron chi connectivity index (χ4n) is 3.15. The number of carbonyl (C=O) groups excluding carboxylic acids is 1. The molecule has 0 saturated heterocycles. The minimum atomic E-state index is -0.467. The second-order valence-corrected chi connectivity index (χ2v) is 5.99. The Hall–Kier alpha value is -3.08. The molecule has 0 fully saturated rings. The number of hydrogen-bond donors (Lipinski definition) is 1. The normalized spacial score (nSPS) is 11.8. The SMILES string of the molecule is O=C(NCc1cccc(F)c1)c1ccc2c(c1)Cc1c-2ccnc1F. The van der Waals surface area contributed by atoms with Crippen molar-refractivity contribution in [2.75, 3.05) is 0 Å². The Morgan fingerprint density at radius 3 is 2.80 bits per heavy atom. The molecule has 0 radical (unpaired) electrons. The number of halogens is 2. The summed E-state index contributed by atoms with van der Waals surface area (Å²) >= 11 is 0. The van der Waals surface area contributed by atoms with Gasteiger partial charge >= 0.3 is 0 Å². The summed E-state index contributed by atoms with van der Waals surface area (Å²) < 4.78 is 27.0. The van der Waals surface area contributed by atoms with Crippen LogP contribution in [0.15, 0.2) is 54.7 Å². The van der Waals surface area contributed by atoms with E-state index in [-0.39, 0.29) is 18.3 Å². The quantitative estimate of drug-likeness (QED) is 0.577. The molecule has 1 amide bonds. The molecule has 0 unspecified atom stereocenters. The smallest absolute Gasteiger partial charge is 0.251 e. The molecule has 0 bridgehead atoms. The van der Waals surface area contributed by atoms with Crippen LogP contribution in [0.25, 0.3) is 11.1 Å². The van der Waals surface area contributed by atoms with Gasteiger partial charge < -0.3 is 5.32 Å². The standard InChI is InChI=1S/C20H14F2N2O/c21-15-3-1-2-12(8-15)11-24-20(25)13-4-5-16-14(9-13)10-18-17(16)6-7-23-19(18)22/h1-9H,10-11H2,(H,24,25). The fraction of sp³-hybridized carbons (Fsp3) is 0.100. The summed E-state index contributed by atoms with van der Waals surface area (Å²) in [6.45, 7) is 0.243. The molecule has 3 aromatic rings. The zero-order valence-electron chi connectivity index (χ0n) is 13.2. The third-order valence-corrected chi connectivity index (χ3v) is 4.37. The molecule has 124 valence electrons. The van der Waals surface area contributed by atoms with Gasteiger partial charge in [0.1, 0.15) is 5.82 Å². The van der Waals surface area contributed by atoms with E-state index in [1.807, 2.05) is 6.07 Å². The molecular formula is C20H14F2N2O. The van der Waals surface area contributed by atoms with E-state index in [1.165, 1.54) is 18.3 Å². The summed E-state index contributed by atoms with van der Waals surface area (Å²) in [6.07, 6.45) is 1.87. The molecule has 0 saturated carbocycles. The summed E-state index contributed by atoms with van der Waals surface area (Å²) in [5.74, 6) is -1.05. The zero-order valence-corrected chi connectivity index (χ0v) is 13.2. The summed E-state index contributed by atoms with van der Waals surface area (Å²) in [4.78, 5) is 16.0. The average Bonchev–Trinajstić information content (AvgIpc) is 2.99. The molecule has 1 aliphatic carbocycles. The van der Waals surface area contributed by atoms with Gasteiger partial charge in [-0.3, -0.25) is 4.79 Å². The largest absolute Gasteiger partial charge is 0.348 e. The number of carbonyl (C=O) groups is 1. The van der Waals surface area contributed by atoms with E-state index >= 15 is 0 Å². The van der Waals surface area contributed by atoms with Crippen LogP contribution in [0, 0.1) is 11.8 Å². The predicted octanol–water partition coefficient (Wildman–Crippen LogP) is 3.86. The molecule has 2 aromatic carbocycles. The van der Waals surface area contributed by atoms with Gasteiger partial charge in [-0.15, -0.1) is 0 Å². The average molecular weight is 336 g/mol. The highest BCUT2D eigenvalue weighted by molar-refractivity contribution is 5.95. The van der Waals surface area contributed by atoms with E-state index in [2.05, 4.69) is 10.3 Å². The monoisotopic (exact) mass is 336 g/mol. The Morgan fingerprint density at radius 2 is 1.96 bits per heavy atom. The summed E-state index contributed by atoms with van der Waals surface area (Å²) in [7, 11) is 0. The maximum Gasteiger partial charge on any atom is 0.251 e. The van der Waals surface area contributed by atoms with E-state index in [0.29, 0.717) is 23.1 Å². The minimum Gasteiger partial charge on any atom is -0.348 e.